The van der Waals surface area contributed by atoms with Crippen molar-refractivity contribution in [1.82, 2.24) is 20.8 Å². The fraction of sp³-hybridized carbons (Fsp3) is 0.412. The van der Waals surface area contributed by atoms with E-state index < -0.39 is 6.04 Å². The predicted octanol–water partition coefficient (Wildman–Crippen LogP) is 0.960. The highest BCUT2D eigenvalue weighted by atomic mass is 16.5. The first-order chi connectivity index (χ1) is 11.7. The standard InChI is InChI=1S/C17H18N4O3/c22-15-12-4-2-1-3-11(12)9-13(19-15)16(23)18-8-7-14-20-17(24-21-14)10-5-6-10/h1-4,10,13H,5-9H2,(H,18,23)(H,19,22). The van der Waals surface area contributed by atoms with Crippen LogP contribution in [0.2, 0.25) is 0 Å². The van der Waals surface area contributed by atoms with Crippen LogP contribution in [0.3, 0.4) is 0 Å². The fourth-order valence-corrected chi connectivity index (χ4v) is 2.87. The van der Waals surface area contributed by atoms with Gasteiger partial charge in [0.1, 0.15) is 6.04 Å². The summed E-state index contributed by atoms with van der Waals surface area (Å²) in [7, 11) is 0. The number of carbonyl (C=O) groups excluding carboxylic acids is 2. The van der Waals surface area contributed by atoms with Gasteiger partial charge in [-0.1, -0.05) is 23.4 Å². The van der Waals surface area contributed by atoms with Crippen LogP contribution in [0.15, 0.2) is 28.8 Å². The Hall–Kier alpha value is -2.70. The van der Waals surface area contributed by atoms with E-state index in [1.165, 1.54) is 0 Å². The number of amides is 2. The quantitative estimate of drug-likeness (QED) is 0.853. The molecular formula is C17H18N4O3. The molecule has 4 rings (SSSR count). The average Bonchev–Trinajstić information content (AvgIpc) is 3.34. The van der Waals surface area contributed by atoms with E-state index in [4.69, 9.17) is 4.52 Å². The maximum absolute atomic E-state index is 12.3. The van der Waals surface area contributed by atoms with Crippen LogP contribution in [0.25, 0.3) is 0 Å². The van der Waals surface area contributed by atoms with Gasteiger partial charge in [0.2, 0.25) is 11.8 Å². The van der Waals surface area contributed by atoms with Crippen LogP contribution in [0.4, 0.5) is 0 Å². The second-order valence-electron chi connectivity index (χ2n) is 6.25. The highest BCUT2D eigenvalue weighted by molar-refractivity contribution is 6.00. The van der Waals surface area contributed by atoms with Gasteiger partial charge in [0, 0.05) is 30.9 Å². The van der Waals surface area contributed by atoms with Gasteiger partial charge in [0.05, 0.1) is 0 Å². The minimum Gasteiger partial charge on any atom is -0.354 e. The molecule has 0 bridgehead atoms. The summed E-state index contributed by atoms with van der Waals surface area (Å²) in [4.78, 5) is 28.6. The van der Waals surface area contributed by atoms with Crippen LogP contribution in [0.1, 0.15) is 46.4 Å². The monoisotopic (exact) mass is 326 g/mol. The van der Waals surface area contributed by atoms with Crippen LogP contribution >= 0.6 is 0 Å². The largest absolute Gasteiger partial charge is 0.354 e. The number of hydrogen-bond donors (Lipinski definition) is 2. The van der Waals surface area contributed by atoms with Gasteiger partial charge in [-0.15, -0.1) is 0 Å². The van der Waals surface area contributed by atoms with Gasteiger partial charge in [-0.05, 0) is 24.5 Å². The highest BCUT2D eigenvalue weighted by Crippen LogP contribution is 2.38. The summed E-state index contributed by atoms with van der Waals surface area (Å²) in [5, 5.41) is 9.50. The topological polar surface area (TPSA) is 97.1 Å². The minimum atomic E-state index is -0.542. The molecule has 0 radical (unpaired) electrons. The summed E-state index contributed by atoms with van der Waals surface area (Å²) >= 11 is 0. The molecule has 7 heteroatoms. The molecule has 1 aliphatic heterocycles. The zero-order chi connectivity index (χ0) is 16.5. The number of benzene rings is 1. The number of carbonyl (C=O) groups is 2. The smallest absolute Gasteiger partial charge is 0.252 e. The molecule has 0 saturated heterocycles. The third-order valence-corrected chi connectivity index (χ3v) is 4.37. The molecule has 124 valence electrons. The summed E-state index contributed by atoms with van der Waals surface area (Å²) in [6.07, 6.45) is 3.24. The molecule has 2 aliphatic rings. The normalized spacial score (nSPS) is 19.5. The fourth-order valence-electron chi connectivity index (χ4n) is 2.87. The first-order valence-corrected chi connectivity index (χ1v) is 8.19. The number of fused-ring (bicyclic) bond motifs is 1. The molecule has 2 aromatic rings. The molecule has 1 aromatic heterocycles. The predicted molar refractivity (Wildman–Crippen MR) is 84.4 cm³/mol. The number of nitrogens with one attached hydrogen (secondary N) is 2. The van der Waals surface area contributed by atoms with E-state index >= 15 is 0 Å². The summed E-state index contributed by atoms with van der Waals surface area (Å²) in [5.74, 6) is 1.34. The Kier molecular flexibility index (Phi) is 3.76. The van der Waals surface area contributed by atoms with Crippen molar-refractivity contribution in [2.45, 2.75) is 37.6 Å². The van der Waals surface area contributed by atoms with E-state index in [-0.39, 0.29) is 11.8 Å². The van der Waals surface area contributed by atoms with Gasteiger partial charge in [0.15, 0.2) is 5.82 Å². The molecule has 1 aliphatic carbocycles. The molecule has 1 fully saturated rings. The summed E-state index contributed by atoms with van der Waals surface area (Å²) in [5.41, 5.74) is 1.54. The van der Waals surface area contributed by atoms with Crippen LogP contribution in [-0.4, -0.2) is 34.5 Å². The molecular weight excluding hydrogens is 308 g/mol. The van der Waals surface area contributed by atoms with Gasteiger partial charge in [-0.25, -0.2) is 0 Å². The van der Waals surface area contributed by atoms with Crippen LogP contribution < -0.4 is 10.6 Å². The lowest BCUT2D eigenvalue weighted by Crippen LogP contribution is -2.51. The van der Waals surface area contributed by atoms with Crippen molar-refractivity contribution in [1.29, 1.82) is 0 Å². The van der Waals surface area contributed by atoms with Gasteiger partial charge in [-0.2, -0.15) is 4.98 Å². The van der Waals surface area contributed by atoms with E-state index in [0.29, 0.717) is 42.6 Å². The van der Waals surface area contributed by atoms with Gasteiger partial charge < -0.3 is 15.2 Å². The molecule has 2 N–H and O–H groups in total. The molecule has 24 heavy (non-hydrogen) atoms. The number of nitrogens with zero attached hydrogens (tertiary/aromatic N) is 2. The van der Waals surface area contributed by atoms with Crippen molar-refractivity contribution in [2.75, 3.05) is 6.54 Å². The summed E-state index contributed by atoms with van der Waals surface area (Å²) in [6.45, 7) is 0.413. The van der Waals surface area contributed by atoms with Gasteiger partial charge in [0.25, 0.3) is 5.91 Å². The molecule has 7 nitrogen and oxygen atoms in total. The second kappa shape index (κ2) is 6.07. The zero-order valence-corrected chi connectivity index (χ0v) is 13.1. The zero-order valence-electron chi connectivity index (χ0n) is 13.1. The Morgan fingerprint density at radius 2 is 2.17 bits per heavy atom. The molecule has 1 unspecified atom stereocenters. The number of rotatable bonds is 5. The Morgan fingerprint density at radius 1 is 1.33 bits per heavy atom. The number of hydrogen-bond acceptors (Lipinski definition) is 5. The van der Waals surface area contributed by atoms with Crippen molar-refractivity contribution in [2.24, 2.45) is 0 Å². The Balaban J connectivity index is 1.31. The lowest BCUT2D eigenvalue weighted by molar-refractivity contribution is -0.123. The maximum atomic E-state index is 12.3. The Bertz CT molecular complexity index is 782. The lowest BCUT2D eigenvalue weighted by Gasteiger charge is -2.24. The Morgan fingerprint density at radius 3 is 3.00 bits per heavy atom. The van der Waals surface area contributed by atoms with E-state index in [1.807, 2.05) is 18.2 Å². The first-order valence-electron chi connectivity index (χ1n) is 8.19. The third-order valence-electron chi connectivity index (χ3n) is 4.37. The molecule has 0 spiro atoms. The van der Waals surface area contributed by atoms with Gasteiger partial charge >= 0.3 is 0 Å². The van der Waals surface area contributed by atoms with Crippen molar-refractivity contribution in [3.05, 3.63) is 47.1 Å². The number of aromatic nitrogens is 2. The average molecular weight is 326 g/mol. The van der Waals surface area contributed by atoms with Crippen molar-refractivity contribution in [3.63, 3.8) is 0 Å². The molecule has 1 saturated carbocycles. The lowest BCUT2D eigenvalue weighted by atomic mass is 9.95. The summed E-state index contributed by atoms with van der Waals surface area (Å²) < 4.78 is 5.18. The van der Waals surface area contributed by atoms with Crippen LogP contribution in [0.5, 0.6) is 0 Å². The third kappa shape index (κ3) is 3.02. The maximum Gasteiger partial charge on any atom is 0.252 e. The Labute approximate surface area is 138 Å². The second-order valence-corrected chi connectivity index (χ2v) is 6.25. The van der Waals surface area contributed by atoms with E-state index in [9.17, 15) is 9.59 Å². The summed E-state index contributed by atoms with van der Waals surface area (Å²) in [6, 6.07) is 6.80. The molecule has 2 amide bonds. The molecule has 1 atom stereocenters. The van der Waals surface area contributed by atoms with Crippen LogP contribution in [-0.2, 0) is 17.6 Å². The van der Waals surface area contributed by atoms with E-state index in [0.717, 1.165) is 18.4 Å². The van der Waals surface area contributed by atoms with Crippen LogP contribution in [0, 0.1) is 0 Å². The van der Waals surface area contributed by atoms with Crippen molar-refractivity contribution < 1.29 is 14.1 Å². The molecule has 1 aromatic carbocycles. The van der Waals surface area contributed by atoms with E-state index in [2.05, 4.69) is 20.8 Å². The SMILES string of the molecule is O=C1NC(C(=O)NCCc2noc(C3CC3)n2)Cc2ccccc21. The molecule has 2 heterocycles. The van der Waals surface area contributed by atoms with Crippen molar-refractivity contribution in [3.8, 4) is 0 Å². The minimum absolute atomic E-state index is 0.191. The van der Waals surface area contributed by atoms with Crippen molar-refractivity contribution >= 4 is 11.8 Å². The first kappa shape index (κ1) is 14.9. The van der Waals surface area contributed by atoms with Gasteiger partial charge in [-0.3, -0.25) is 9.59 Å². The van der Waals surface area contributed by atoms with E-state index in [1.54, 1.807) is 6.07 Å². The highest BCUT2D eigenvalue weighted by Gasteiger charge is 2.30.